The van der Waals surface area contributed by atoms with E-state index in [1.165, 1.54) is 0 Å². The van der Waals surface area contributed by atoms with Crippen LogP contribution >= 0.6 is 11.8 Å². The first-order valence-electron chi connectivity index (χ1n) is 7.85. The molecule has 0 spiro atoms. The summed E-state index contributed by atoms with van der Waals surface area (Å²) in [7, 11) is 1.66. The van der Waals surface area contributed by atoms with Crippen molar-refractivity contribution >= 4 is 23.6 Å². The van der Waals surface area contributed by atoms with Gasteiger partial charge in [-0.15, -0.1) is 11.8 Å². The van der Waals surface area contributed by atoms with Crippen molar-refractivity contribution in [2.45, 2.75) is 43.8 Å². The minimum absolute atomic E-state index is 0.0660. The number of thioether (sulfide) groups is 1. The van der Waals surface area contributed by atoms with Gasteiger partial charge in [-0.05, 0) is 24.5 Å². The van der Waals surface area contributed by atoms with Gasteiger partial charge in [0.2, 0.25) is 11.8 Å². The lowest BCUT2D eigenvalue weighted by Crippen LogP contribution is -2.49. The summed E-state index contributed by atoms with van der Waals surface area (Å²) in [5, 5.41) is 2.99. The van der Waals surface area contributed by atoms with Crippen molar-refractivity contribution in [1.29, 1.82) is 0 Å². The molecule has 0 aromatic heterocycles. The third kappa shape index (κ3) is 3.10. The smallest absolute Gasteiger partial charge is 0.243 e. The standard InChI is InChI=1S/C17H22N2O3S/c1-17-8-7-15(20)19(17)14(11-23-17)16(21)18-9-12-5-3-4-6-13(12)10-22-2/h3-6,14H,7-11H2,1-2H3,(H,18,21). The van der Waals surface area contributed by atoms with Crippen molar-refractivity contribution in [3.8, 4) is 0 Å². The zero-order valence-electron chi connectivity index (χ0n) is 13.5. The summed E-state index contributed by atoms with van der Waals surface area (Å²) in [6.07, 6.45) is 1.38. The molecule has 3 rings (SSSR count). The number of rotatable bonds is 5. The molecular weight excluding hydrogens is 312 g/mol. The largest absolute Gasteiger partial charge is 0.380 e. The second kappa shape index (κ2) is 6.53. The van der Waals surface area contributed by atoms with Gasteiger partial charge in [0.05, 0.1) is 11.5 Å². The predicted molar refractivity (Wildman–Crippen MR) is 89.7 cm³/mol. The van der Waals surface area contributed by atoms with Crippen LogP contribution in [0.2, 0.25) is 0 Å². The van der Waals surface area contributed by atoms with E-state index in [9.17, 15) is 9.59 Å². The number of nitrogens with zero attached hydrogens (tertiary/aromatic N) is 1. The van der Waals surface area contributed by atoms with Gasteiger partial charge in [-0.2, -0.15) is 0 Å². The van der Waals surface area contributed by atoms with E-state index in [-0.39, 0.29) is 22.7 Å². The van der Waals surface area contributed by atoms with E-state index in [0.717, 1.165) is 17.5 Å². The van der Waals surface area contributed by atoms with E-state index in [1.807, 2.05) is 24.3 Å². The molecule has 2 aliphatic rings. The predicted octanol–water partition coefficient (Wildman–Crippen LogP) is 1.90. The molecule has 2 fully saturated rings. The topological polar surface area (TPSA) is 58.6 Å². The van der Waals surface area contributed by atoms with Crippen molar-refractivity contribution in [2.24, 2.45) is 0 Å². The second-order valence-electron chi connectivity index (χ2n) is 6.19. The Balaban J connectivity index is 1.65. The maximum Gasteiger partial charge on any atom is 0.243 e. The van der Waals surface area contributed by atoms with Crippen LogP contribution in [0, 0.1) is 0 Å². The average Bonchev–Trinajstić information content (AvgIpc) is 3.03. The summed E-state index contributed by atoms with van der Waals surface area (Å²) >= 11 is 1.71. The van der Waals surface area contributed by atoms with Gasteiger partial charge in [0.25, 0.3) is 0 Å². The molecule has 124 valence electrons. The van der Waals surface area contributed by atoms with Crippen LogP contribution in [0.3, 0.4) is 0 Å². The first-order valence-corrected chi connectivity index (χ1v) is 8.83. The third-order valence-corrected chi connectivity index (χ3v) is 6.12. The Morgan fingerprint density at radius 1 is 1.43 bits per heavy atom. The lowest BCUT2D eigenvalue weighted by atomic mass is 10.1. The number of nitrogens with one attached hydrogen (secondary N) is 1. The number of benzene rings is 1. The highest BCUT2D eigenvalue weighted by Gasteiger charge is 2.52. The monoisotopic (exact) mass is 334 g/mol. The fourth-order valence-corrected chi connectivity index (χ4v) is 4.77. The fourth-order valence-electron chi connectivity index (χ4n) is 3.34. The maximum absolute atomic E-state index is 12.6. The van der Waals surface area contributed by atoms with Crippen molar-refractivity contribution in [2.75, 3.05) is 12.9 Å². The molecule has 0 saturated carbocycles. The highest BCUT2D eigenvalue weighted by Crippen LogP contribution is 2.47. The van der Waals surface area contributed by atoms with Crippen LogP contribution < -0.4 is 5.32 Å². The van der Waals surface area contributed by atoms with Crippen LogP contribution in [-0.4, -0.2) is 40.5 Å². The summed E-state index contributed by atoms with van der Waals surface area (Å²) in [5.41, 5.74) is 2.11. The normalized spacial score (nSPS) is 26.4. The number of fused-ring (bicyclic) bond motifs is 1. The lowest BCUT2D eigenvalue weighted by Gasteiger charge is -2.29. The molecule has 23 heavy (non-hydrogen) atoms. The Morgan fingerprint density at radius 2 is 2.17 bits per heavy atom. The fraction of sp³-hybridized carbons (Fsp3) is 0.529. The second-order valence-corrected chi connectivity index (χ2v) is 7.69. The molecule has 2 aliphatic heterocycles. The average molecular weight is 334 g/mol. The minimum atomic E-state index is -0.352. The van der Waals surface area contributed by atoms with Crippen LogP contribution in [0.4, 0.5) is 0 Å². The van der Waals surface area contributed by atoms with Gasteiger partial charge in [-0.1, -0.05) is 24.3 Å². The molecule has 6 heteroatoms. The van der Waals surface area contributed by atoms with Gasteiger partial charge in [0.1, 0.15) is 6.04 Å². The van der Waals surface area contributed by atoms with E-state index < -0.39 is 0 Å². The van der Waals surface area contributed by atoms with Gasteiger partial charge < -0.3 is 15.0 Å². The Morgan fingerprint density at radius 3 is 2.91 bits per heavy atom. The summed E-state index contributed by atoms with van der Waals surface area (Å²) in [6, 6.07) is 7.55. The molecule has 2 amide bonds. The van der Waals surface area contributed by atoms with Crippen LogP contribution in [0.15, 0.2) is 24.3 Å². The van der Waals surface area contributed by atoms with Gasteiger partial charge >= 0.3 is 0 Å². The molecule has 2 unspecified atom stereocenters. The Hall–Kier alpha value is -1.53. The first kappa shape index (κ1) is 16.3. The van der Waals surface area contributed by atoms with Crippen molar-refractivity contribution < 1.29 is 14.3 Å². The number of carbonyl (C=O) groups excluding carboxylic acids is 2. The lowest BCUT2D eigenvalue weighted by molar-refractivity contribution is -0.138. The molecule has 2 atom stereocenters. The van der Waals surface area contributed by atoms with Crippen LogP contribution in [0.1, 0.15) is 30.9 Å². The molecule has 5 nitrogen and oxygen atoms in total. The summed E-state index contributed by atoms with van der Waals surface area (Å²) in [5.74, 6) is 0.703. The molecule has 0 aliphatic carbocycles. The van der Waals surface area contributed by atoms with E-state index >= 15 is 0 Å². The van der Waals surface area contributed by atoms with E-state index in [1.54, 1.807) is 23.8 Å². The molecule has 2 heterocycles. The summed E-state index contributed by atoms with van der Waals surface area (Å²) in [4.78, 5) is 26.3. The minimum Gasteiger partial charge on any atom is -0.380 e. The molecule has 1 N–H and O–H groups in total. The van der Waals surface area contributed by atoms with Gasteiger partial charge in [0, 0.05) is 25.8 Å². The molecule has 0 radical (unpaired) electrons. The summed E-state index contributed by atoms with van der Waals surface area (Å²) < 4.78 is 5.19. The van der Waals surface area contributed by atoms with Crippen molar-refractivity contribution in [3.05, 3.63) is 35.4 Å². The number of amides is 2. The highest BCUT2D eigenvalue weighted by atomic mass is 32.2. The quantitative estimate of drug-likeness (QED) is 0.893. The molecule has 1 aromatic rings. The first-order chi connectivity index (χ1) is 11.0. The molecule has 0 bridgehead atoms. The zero-order chi connectivity index (χ0) is 16.4. The molecular formula is C17H22N2O3S. The Labute approximate surface area is 140 Å². The van der Waals surface area contributed by atoms with E-state index in [2.05, 4.69) is 12.2 Å². The maximum atomic E-state index is 12.6. The van der Waals surface area contributed by atoms with E-state index in [0.29, 0.717) is 25.3 Å². The van der Waals surface area contributed by atoms with Crippen LogP contribution in [-0.2, 0) is 27.5 Å². The van der Waals surface area contributed by atoms with Gasteiger partial charge in [0.15, 0.2) is 0 Å². The van der Waals surface area contributed by atoms with Crippen LogP contribution in [0.5, 0.6) is 0 Å². The number of ether oxygens (including phenoxy) is 1. The third-order valence-electron chi connectivity index (χ3n) is 4.62. The summed E-state index contributed by atoms with van der Waals surface area (Å²) in [6.45, 7) is 3.04. The number of hydrogen-bond acceptors (Lipinski definition) is 4. The van der Waals surface area contributed by atoms with Gasteiger partial charge in [-0.3, -0.25) is 9.59 Å². The number of methoxy groups -OCH3 is 1. The number of carbonyl (C=O) groups is 2. The van der Waals surface area contributed by atoms with Gasteiger partial charge in [-0.25, -0.2) is 0 Å². The van der Waals surface area contributed by atoms with E-state index in [4.69, 9.17) is 4.74 Å². The Kier molecular flexibility index (Phi) is 4.64. The molecule has 2 saturated heterocycles. The SMILES string of the molecule is COCc1ccccc1CNC(=O)C1CSC2(C)CCC(=O)N12. The van der Waals surface area contributed by atoms with Crippen LogP contribution in [0.25, 0.3) is 0 Å². The van der Waals surface area contributed by atoms with Crippen molar-refractivity contribution in [1.82, 2.24) is 10.2 Å². The molecule has 1 aromatic carbocycles. The highest BCUT2D eigenvalue weighted by molar-refractivity contribution is 8.01. The number of hydrogen-bond donors (Lipinski definition) is 1. The zero-order valence-corrected chi connectivity index (χ0v) is 14.3. The van der Waals surface area contributed by atoms with Crippen molar-refractivity contribution in [3.63, 3.8) is 0 Å². The Bertz CT molecular complexity index is 622.